The lowest BCUT2D eigenvalue weighted by Crippen LogP contribution is -2.42. The van der Waals surface area contributed by atoms with E-state index < -0.39 is 12.1 Å². The molecule has 0 bridgehead atoms. The molecule has 1 N–H and O–H groups in total. The van der Waals surface area contributed by atoms with Crippen LogP contribution in [0.25, 0.3) is 0 Å². The van der Waals surface area contributed by atoms with E-state index in [0.717, 1.165) is 12.0 Å². The molecule has 0 amide bonds. The van der Waals surface area contributed by atoms with Crippen LogP contribution < -0.4 is 5.32 Å². The number of nitrogens with one attached hydrogen (secondary N) is 1. The highest BCUT2D eigenvalue weighted by Crippen LogP contribution is 2.37. The van der Waals surface area contributed by atoms with Crippen molar-refractivity contribution >= 4 is 0 Å². The van der Waals surface area contributed by atoms with Gasteiger partial charge in [0.2, 0.25) is 0 Å². The molecule has 1 aliphatic rings. The molecule has 22 heavy (non-hydrogen) atoms. The van der Waals surface area contributed by atoms with Crippen molar-refractivity contribution in [2.75, 3.05) is 20.6 Å². The summed E-state index contributed by atoms with van der Waals surface area (Å²) in [5.41, 5.74) is 1.07. The van der Waals surface area contributed by atoms with E-state index in [-0.39, 0.29) is 24.9 Å². The molecule has 1 aromatic heterocycles. The zero-order valence-electron chi connectivity index (χ0n) is 13.4. The van der Waals surface area contributed by atoms with E-state index in [1.807, 2.05) is 33.5 Å². The maximum Gasteiger partial charge on any atom is 0.391 e. The van der Waals surface area contributed by atoms with Crippen molar-refractivity contribution in [3.8, 4) is 0 Å². The van der Waals surface area contributed by atoms with Gasteiger partial charge in [-0.2, -0.15) is 18.3 Å². The van der Waals surface area contributed by atoms with E-state index in [1.165, 1.54) is 0 Å². The fraction of sp³-hybridized carbons (Fsp3) is 0.800. The summed E-state index contributed by atoms with van der Waals surface area (Å²) in [7, 11) is 5.80. The van der Waals surface area contributed by atoms with Crippen molar-refractivity contribution in [3.05, 3.63) is 18.0 Å². The van der Waals surface area contributed by atoms with Gasteiger partial charge in [0.25, 0.3) is 0 Å². The molecule has 0 spiro atoms. The molecule has 1 aromatic rings. The van der Waals surface area contributed by atoms with E-state index in [9.17, 15) is 13.2 Å². The van der Waals surface area contributed by atoms with Gasteiger partial charge in [0.05, 0.1) is 12.1 Å². The number of halogens is 3. The summed E-state index contributed by atoms with van der Waals surface area (Å²) >= 11 is 0. The molecule has 1 heterocycles. The predicted octanol–water partition coefficient (Wildman–Crippen LogP) is 2.73. The highest BCUT2D eigenvalue weighted by Gasteiger charge is 2.42. The van der Waals surface area contributed by atoms with Crippen molar-refractivity contribution in [2.45, 2.75) is 43.9 Å². The van der Waals surface area contributed by atoms with Gasteiger partial charge in [-0.15, -0.1) is 0 Å². The normalized spacial score (nSPS) is 24.7. The monoisotopic (exact) mass is 318 g/mol. The third-order valence-electron chi connectivity index (χ3n) is 4.47. The molecular formula is C15H25F3N4. The van der Waals surface area contributed by atoms with Crippen molar-refractivity contribution in [2.24, 2.45) is 13.0 Å². The van der Waals surface area contributed by atoms with Gasteiger partial charge in [0.1, 0.15) is 0 Å². The third-order valence-corrected chi connectivity index (χ3v) is 4.47. The maximum absolute atomic E-state index is 12.9. The van der Waals surface area contributed by atoms with E-state index >= 15 is 0 Å². The van der Waals surface area contributed by atoms with Gasteiger partial charge in [0.15, 0.2) is 0 Å². The van der Waals surface area contributed by atoms with Gasteiger partial charge in [-0.05, 0) is 33.4 Å². The molecular weight excluding hydrogens is 293 g/mol. The molecule has 7 heteroatoms. The van der Waals surface area contributed by atoms with Gasteiger partial charge in [-0.25, -0.2) is 0 Å². The Bertz CT molecular complexity index is 470. The second kappa shape index (κ2) is 7.00. The topological polar surface area (TPSA) is 33.1 Å². The first kappa shape index (κ1) is 17.3. The largest absolute Gasteiger partial charge is 0.391 e. The van der Waals surface area contributed by atoms with E-state index in [4.69, 9.17) is 0 Å². The lowest BCUT2D eigenvalue weighted by molar-refractivity contribution is -0.183. The summed E-state index contributed by atoms with van der Waals surface area (Å²) in [6, 6.07) is 0.0551. The van der Waals surface area contributed by atoms with Crippen LogP contribution in [-0.2, 0) is 7.05 Å². The Balaban J connectivity index is 1.92. The Morgan fingerprint density at radius 1 is 1.41 bits per heavy atom. The number of hydrogen-bond acceptors (Lipinski definition) is 3. The minimum Gasteiger partial charge on any atom is -0.312 e. The van der Waals surface area contributed by atoms with Crippen LogP contribution in [0.4, 0.5) is 13.2 Å². The van der Waals surface area contributed by atoms with Crippen LogP contribution in [0, 0.1) is 5.92 Å². The van der Waals surface area contributed by atoms with Gasteiger partial charge in [-0.3, -0.25) is 4.68 Å². The molecule has 126 valence electrons. The third kappa shape index (κ3) is 4.46. The second-order valence-corrected chi connectivity index (χ2v) is 6.44. The van der Waals surface area contributed by atoms with Gasteiger partial charge >= 0.3 is 6.18 Å². The fourth-order valence-electron chi connectivity index (χ4n) is 3.16. The van der Waals surface area contributed by atoms with E-state index in [0.29, 0.717) is 13.0 Å². The number of nitrogens with zero attached hydrogens (tertiary/aromatic N) is 3. The summed E-state index contributed by atoms with van der Waals surface area (Å²) in [5.74, 6) is -1.16. The number of aromatic nitrogens is 2. The second-order valence-electron chi connectivity index (χ2n) is 6.44. The number of likely N-dealkylation sites (N-methyl/N-ethyl adjacent to an activating group) is 1. The van der Waals surface area contributed by atoms with Crippen LogP contribution in [0.1, 0.15) is 37.3 Å². The quantitative estimate of drug-likeness (QED) is 0.906. The molecule has 2 rings (SSSR count). The van der Waals surface area contributed by atoms with Crippen LogP contribution in [0.2, 0.25) is 0 Å². The molecule has 4 nitrogen and oxygen atoms in total. The first-order valence-electron chi connectivity index (χ1n) is 7.72. The SMILES string of the molecule is CN(C)C(CNC1CCCC(C(F)(F)F)C1)c1cnn(C)c1. The van der Waals surface area contributed by atoms with Gasteiger partial charge in [0, 0.05) is 37.4 Å². The molecule has 0 aliphatic heterocycles. The van der Waals surface area contributed by atoms with Crippen LogP contribution in [0.15, 0.2) is 12.4 Å². The van der Waals surface area contributed by atoms with Gasteiger partial charge in [-0.1, -0.05) is 6.42 Å². The standard InChI is InChI=1S/C15H25F3N4/c1-21(2)14(11-8-20-22(3)10-11)9-19-13-6-4-5-12(7-13)15(16,17)18/h8,10,12-14,19H,4-7,9H2,1-3H3. The van der Waals surface area contributed by atoms with Crippen LogP contribution in [0.5, 0.6) is 0 Å². The fourth-order valence-corrected chi connectivity index (χ4v) is 3.16. The molecule has 3 unspecified atom stereocenters. The molecule has 0 aromatic carbocycles. The highest BCUT2D eigenvalue weighted by molar-refractivity contribution is 5.11. The maximum atomic E-state index is 12.9. The number of rotatable bonds is 5. The summed E-state index contributed by atoms with van der Waals surface area (Å²) < 4.78 is 40.3. The summed E-state index contributed by atoms with van der Waals surface area (Å²) in [6.07, 6.45) is 1.61. The lowest BCUT2D eigenvalue weighted by atomic mass is 9.85. The van der Waals surface area contributed by atoms with Crippen LogP contribution in [-0.4, -0.2) is 47.5 Å². The molecule has 0 radical (unpaired) electrons. The van der Waals surface area contributed by atoms with E-state index in [1.54, 1.807) is 4.68 Å². The Hall–Kier alpha value is -1.08. The first-order chi connectivity index (χ1) is 10.3. The molecule has 0 saturated heterocycles. The first-order valence-corrected chi connectivity index (χ1v) is 7.72. The molecule has 1 fully saturated rings. The number of aryl methyl sites for hydroxylation is 1. The number of hydrogen-bond donors (Lipinski definition) is 1. The van der Waals surface area contributed by atoms with Crippen LogP contribution in [0.3, 0.4) is 0 Å². The zero-order valence-corrected chi connectivity index (χ0v) is 13.4. The molecule has 1 aliphatic carbocycles. The summed E-state index contributed by atoms with van der Waals surface area (Å²) in [5, 5.41) is 7.51. The number of alkyl halides is 3. The Morgan fingerprint density at radius 2 is 2.14 bits per heavy atom. The molecule has 1 saturated carbocycles. The Morgan fingerprint density at radius 3 is 2.68 bits per heavy atom. The van der Waals surface area contributed by atoms with Crippen molar-refractivity contribution < 1.29 is 13.2 Å². The summed E-state index contributed by atoms with van der Waals surface area (Å²) in [6.45, 7) is 0.633. The van der Waals surface area contributed by atoms with Crippen LogP contribution >= 0.6 is 0 Å². The van der Waals surface area contributed by atoms with Crippen molar-refractivity contribution in [1.82, 2.24) is 20.0 Å². The zero-order chi connectivity index (χ0) is 16.3. The van der Waals surface area contributed by atoms with E-state index in [2.05, 4.69) is 15.3 Å². The smallest absolute Gasteiger partial charge is 0.312 e. The van der Waals surface area contributed by atoms with Crippen molar-refractivity contribution in [3.63, 3.8) is 0 Å². The summed E-state index contributed by atoms with van der Waals surface area (Å²) in [4.78, 5) is 2.06. The average Bonchev–Trinajstić information content (AvgIpc) is 2.84. The Labute approximate surface area is 129 Å². The minimum absolute atomic E-state index is 0.0560. The van der Waals surface area contributed by atoms with Crippen molar-refractivity contribution in [1.29, 1.82) is 0 Å². The predicted molar refractivity (Wildman–Crippen MR) is 79.4 cm³/mol. The average molecular weight is 318 g/mol. The highest BCUT2D eigenvalue weighted by atomic mass is 19.4. The minimum atomic E-state index is -4.06. The lowest BCUT2D eigenvalue weighted by Gasteiger charge is -2.33. The Kier molecular flexibility index (Phi) is 5.50. The van der Waals surface area contributed by atoms with Gasteiger partial charge < -0.3 is 10.2 Å². The molecule has 3 atom stereocenters.